The van der Waals surface area contributed by atoms with Crippen LogP contribution >= 0.6 is 0 Å². The summed E-state index contributed by atoms with van der Waals surface area (Å²) in [6, 6.07) is 10.3. The van der Waals surface area contributed by atoms with Gasteiger partial charge in [0.05, 0.1) is 6.54 Å². The number of benzene rings is 1. The lowest BCUT2D eigenvalue weighted by molar-refractivity contribution is 0.355. The minimum absolute atomic E-state index is 0.661. The van der Waals surface area contributed by atoms with E-state index in [2.05, 4.69) is 46.2 Å². The lowest BCUT2D eigenvalue weighted by Gasteiger charge is -2.35. The highest BCUT2D eigenvalue weighted by molar-refractivity contribution is 5.83. The number of fused-ring (bicyclic) bond motifs is 1. The van der Waals surface area contributed by atoms with Crippen LogP contribution in [0, 0.1) is 18.8 Å². The Kier molecular flexibility index (Phi) is 4.11. The molecule has 2 atom stereocenters. The number of anilines is 1. The summed E-state index contributed by atoms with van der Waals surface area (Å²) in [5.74, 6) is 3.02. The number of nitrogens with zero attached hydrogens (tertiary/aromatic N) is 6. The molecule has 6 heteroatoms. The summed E-state index contributed by atoms with van der Waals surface area (Å²) >= 11 is 0. The van der Waals surface area contributed by atoms with Crippen LogP contribution in [0.4, 0.5) is 5.82 Å². The monoisotopic (exact) mass is 336 g/mol. The third-order valence-corrected chi connectivity index (χ3v) is 4.80. The van der Waals surface area contributed by atoms with Gasteiger partial charge in [-0.15, -0.1) is 5.10 Å². The molecule has 0 bridgehead atoms. The Bertz CT molecular complexity index is 862. The molecule has 6 nitrogen and oxygen atoms in total. The molecule has 2 unspecified atom stereocenters. The number of hydrogen-bond donors (Lipinski definition) is 0. The fraction of sp³-hybridized carbons (Fsp3) is 0.474. The third-order valence-electron chi connectivity index (χ3n) is 4.80. The highest BCUT2D eigenvalue weighted by Crippen LogP contribution is 2.29. The molecule has 0 aliphatic carbocycles. The van der Waals surface area contributed by atoms with Gasteiger partial charge in [0.15, 0.2) is 17.0 Å². The van der Waals surface area contributed by atoms with Crippen LogP contribution in [0.15, 0.2) is 30.3 Å². The van der Waals surface area contributed by atoms with E-state index in [9.17, 15) is 0 Å². The smallest absolute Gasteiger partial charge is 0.184 e. The van der Waals surface area contributed by atoms with E-state index in [1.807, 2.05) is 29.8 Å². The minimum atomic E-state index is 0.661. The average molecular weight is 336 g/mol. The Morgan fingerprint density at radius 2 is 1.76 bits per heavy atom. The molecule has 0 spiro atoms. The van der Waals surface area contributed by atoms with Gasteiger partial charge in [0.2, 0.25) is 0 Å². The topological polar surface area (TPSA) is 59.7 Å². The molecule has 1 aromatic carbocycles. The first-order chi connectivity index (χ1) is 12.1. The van der Waals surface area contributed by atoms with Gasteiger partial charge in [-0.25, -0.2) is 14.6 Å². The third kappa shape index (κ3) is 3.21. The van der Waals surface area contributed by atoms with Crippen LogP contribution in [0.1, 0.15) is 31.7 Å². The van der Waals surface area contributed by atoms with Crippen molar-refractivity contribution in [2.75, 3.05) is 18.0 Å². The fourth-order valence-corrected chi connectivity index (χ4v) is 3.87. The zero-order valence-electron chi connectivity index (χ0n) is 15.1. The fourth-order valence-electron chi connectivity index (χ4n) is 3.87. The van der Waals surface area contributed by atoms with Crippen molar-refractivity contribution in [1.82, 2.24) is 25.0 Å². The van der Waals surface area contributed by atoms with Crippen LogP contribution in [0.3, 0.4) is 0 Å². The van der Waals surface area contributed by atoms with Crippen molar-refractivity contribution in [3.05, 3.63) is 41.7 Å². The molecule has 1 fully saturated rings. The van der Waals surface area contributed by atoms with Crippen LogP contribution in [0.2, 0.25) is 0 Å². The van der Waals surface area contributed by atoms with E-state index in [4.69, 9.17) is 4.98 Å². The summed E-state index contributed by atoms with van der Waals surface area (Å²) in [6.07, 6.45) is 1.27. The molecule has 1 aliphatic heterocycles. The highest BCUT2D eigenvalue weighted by atomic mass is 15.4. The van der Waals surface area contributed by atoms with E-state index in [1.165, 1.54) is 12.0 Å². The van der Waals surface area contributed by atoms with Crippen molar-refractivity contribution in [2.45, 2.75) is 33.7 Å². The molecular formula is C19H24N6. The summed E-state index contributed by atoms with van der Waals surface area (Å²) in [5.41, 5.74) is 2.81. The van der Waals surface area contributed by atoms with Gasteiger partial charge in [-0.2, -0.15) is 0 Å². The van der Waals surface area contributed by atoms with Crippen molar-refractivity contribution in [1.29, 1.82) is 0 Å². The molecule has 4 rings (SSSR count). The van der Waals surface area contributed by atoms with Gasteiger partial charge in [-0.3, -0.25) is 0 Å². The van der Waals surface area contributed by atoms with Crippen molar-refractivity contribution < 1.29 is 0 Å². The van der Waals surface area contributed by atoms with E-state index in [0.717, 1.165) is 35.9 Å². The standard InChI is InChI=1S/C19H24N6/c1-13-9-14(2)11-24(10-13)18-17-19(21-15(3)20-18)25(23-22-17)12-16-7-5-4-6-8-16/h4-8,13-14H,9-12H2,1-3H3. The van der Waals surface area contributed by atoms with Crippen LogP contribution in [0.5, 0.6) is 0 Å². The molecule has 2 aromatic heterocycles. The zero-order valence-corrected chi connectivity index (χ0v) is 15.1. The SMILES string of the molecule is Cc1nc(N2CC(C)CC(C)C2)c2nnn(Cc3ccccc3)c2n1. The Labute approximate surface area is 147 Å². The lowest BCUT2D eigenvalue weighted by atomic mass is 9.92. The first-order valence-corrected chi connectivity index (χ1v) is 8.97. The molecule has 3 aromatic rings. The number of piperidine rings is 1. The second kappa shape index (κ2) is 6.43. The molecule has 1 aliphatic rings. The summed E-state index contributed by atoms with van der Waals surface area (Å²) in [4.78, 5) is 11.7. The Hall–Kier alpha value is -2.50. The number of aryl methyl sites for hydroxylation is 1. The van der Waals surface area contributed by atoms with Crippen LogP contribution in [-0.4, -0.2) is 38.1 Å². The zero-order chi connectivity index (χ0) is 17.4. The van der Waals surface area contributed by atoms with Gasteiger partial charge in [0, 0.05) is 13.1 Å². The normalized spacial score (nSPS) is 21.0. The molecule has 0 amide bonds. The average Bonchev–Trinajstić information content (AvgIpc) is 2.97. The van der Waals surface area contributed by atoms with E-state index >= 15 is 0 Å². The van der Waals surface area contributed by atoms with E-state index < -0.39 is 0 Å². The summed E-state index contributed by atoms with van der Waals surface area (Å²) in [5, 5.41) is 8.79. The van der Waals surface area contributed by atoms with Crippen LogP contribution in [-0.2, 0) is 6.54 Å². The van der Waals surface area contributed by atoms with Crippen molar-refractivity contribution in [3.63, 3.8) is 0 Å². The quantitative estimate of drug-likeness (QED) is 0.736. The largest absolute Gasteiger partial charge is 0.354 e. The van der Waals surface area contributed by atoms with Crippen LogP contribution in [0.25, 0.3) is 11.2 Å². The van der Waals surface area contributed by atoms with Crippen molar-refractivity contribution >= 4 is 17.0 Å². The molecule has 25 heavy (non-hydrogen) atoms. The van der Waals surface area contributed by atoms with Crippen LogP contribution < -0.4 is 4.90 Å². The minimum Gasteiger partial charge on any atom is -0.354 e. The van der Waals surface area contributed by atoms with Gasteiger partial charge in [0.1, 0.15) is 5.82 Å². The van der Waals surface area contributed by atoms with Gasteiger partial charge >= 0.3 is 0 Å². The molecule has 0 radical (unpaired) electrons. The molecule has 1 saturated heterocycles. The van der Waals surface area contributed by atoms with Gasteiger partial charge in [-0.1, -0.05) is 49.4 Å². The van der Waals surface area contributed by atoms with E-state index in [-0.39, 0.29) is 0 Å². The Morgan fingerprint density at radius 1 is 1.04 bits per heavy atom. The molecule has 130 valence electrons. The van der Waals surface area contributed by atoms with E-state index in [1.54, 1.807) is 0 Å². The predicted molar refractivity (Wildman–Crippen MR) is 98.6 cm³/mol. The summed E-state index contributed by atoms with van der Waals surface area (Å²) in [7, 11) is 0. The Balaban J connectivity index is 1.74. The summed E-state index contributed by atoms with van der Waals surface area (Å²) in [6.45, 7) is 9.25. The molecule has 0 saturated carbocycles. The predicted octanol–water partition coefficient (Wildman–Crippen LogP) is 3.06. The molecule has 3 heterocycles. The second-order valence-corrected chi connectivity index (χ2v) is 7.35. The number of hydrogen-bond acceptors (Lipinski definition) is 5. The first kappa shape index (κ1) is 16.0. The maximum absolute atomic E-state index is 4.71. The van der Waals surface area contributed by atoms with Crippen molar-refractivity contribution in [3.8, 4) is 0 Å². The van der Waals surface area contributed by atoms with Crippen molar-refractivity contribution in [2.24, 2.45) is 11.8 Å². The number of rotatable bonds is 3. The highest BCUT2D eigenvalue weighted by Gasteiger charge is 2.26. The Morgan fingerprint density at radius 3 is 2.48 bits per heavy atom. The lowest BCUT2D eigenvalue weighted by Crippen LogP contribution is -2.39. The second-order valence-electron chi connectivity index (χ2n) is 7.35. The van der Waals surface area contributed by atoms with Gasteiger partial charge in [0.25, 0.3) is 0 Å². The first-order valence-electron chi connectivity index (χ1n) is 8.97. The molecular weight excluding hydrogens is 312 g/mol. The maximum Gasteiger partial charge on any atom is 0.184 e. The van der Waals surface area contributed by atoms with Gasteiger partial charge < -0.3 is 4.90 Å². The van der Waals surface area contributed by atoms with E-state index in [0.29, 0.717) is 18.4 Å². The maximum atomic E-state index is 4.71. The number of aromatic nitrogens is 5. The summed E-state index contributed by atoms with van der Waals surface area (Å²) < 4.78 is 1.87. The molecule has 0 N–H and O–H groups in total. The van der Waals surface area contributed by atoms with Gasteiger partial charge in [-0.05, 0) is 30.7 Å².